The molecule has 0 aliphatic rings. The van der Waals surface area contributed by atoms with Crippen molar-refractivity contribution < 1.29 is 9.53 Å². The fourth-order valence-electron chi connectivity index (χ4n) is 1.74. The van der Waals surface area contributed by atoms with E-state index in [1.807, 2.05) is 49.4 Å². The van der Waals surface area contributed by atoms with Gasteiger partial charge in [-0.05, 0) is 30.7 Å². The van der Waals surface area contributed by atoms with Crippen LogP contribution in [0.5, 0.6) is 0 Å². The summed E-state index contributed by atoms with van der Waals surface area (Å²) in [4.78, 5) is 11.6. The van der Waals surface area contributed by atoms with Gasteiger partial charge in [-0.15, -0.1) is 0 Å². The third kappa shape index (κ3) is 2.51. The molecule has 0 spiro atoms. The summed E-state index contributed by atoms with van der Waals surface area (Å²) in [6, 6.07) is 15.2. The van der Waals surface area contributed by atoms with Crippen LogP contribution in [0.25, 0.3) is 0 Å². The lowest BCUT2D eigenvalue weighted by Crippen LogP contribution is -2.05. The number of aryl methyl sites for hydroxylation is 1. The third-order valence-electron chi connectivity index (χ3n) is 2.75. The molecule has 0 saturated carbocycles. The molecule has 2 aromatic carbocycles. The molecule has 0 saturated heterocycles. The van der Waals surface area contributed by atoms with Crippen LogP contribution in [0.3, 0.4) is 0 Å². The first kappa shape index (κ1) is 12.2. The van der Waals surface area contributed by atoms with Crippen molar-refractivity contribution in [2.75, 3.05) is 12.4 Å². The number of benzene rings is 2. The Labute approximate surface area is 106 Å². The largest absolute Gasteiger partial charge is 0.465 e. The maximum atomic E-state index is 11.6. The van der Waals surface area contributed by atoms with Crippen molar-refractivity contribution in [1.29, 1.82) is 0 Å². The minimum Gasteiger partial charge on any atom is -0.465 e. The molecule has 0 unspecified atom stereocenters. The van der Waals surface area contributed by atoms with Gasteiger partial charge in [0.2, 0.25) is 0 Å². The first-order chi connectivity index (χ1) is 8.72. The molecule has 3 nitrogen and oxygen atoms in total. The fourth-order valence-corrected chi connectivity index (χ4v) is 1.74. The molecule has 0 atom stereocenters. The van der Waals surface area contributed by atoms with Crippen molar-refractivity contribution >= 4 is 17.3 Å². The summed E-state index contributed by atoms with van der Waals surface area (Å²) in [6.45, 7) is 2.02. The van der Waals surface area contributed by atoms with Crippen molar-refractivity contribution in [3.8, 4) is 0 Å². The Morgan fingerprint density at radius 3 is 2.28 bits per heavy atom. The normalized spacial score (nSPS) is 9.89. The smallest absolute Gasteiger partial charge is 0.339 e. The molecular formula is C15H15NO2. The lowest BCUT2D eigenvalue weighted by Gasteiger charge is -2.12. The molecule has 3 heteroatoms. The number of carbonyl (C=O) groups is 1. The Morgan fingerprint density at radius 2 is 1.61 bits per heavy atom. The van der Waals surface area contributed by atoms with Crippen LogP contribution in [-0.4, -0.2) is 13.1 Å². The zero-order valence-corrected chi connectivity index (χ0v) is 10.4. The van der Waals surface area contributed by atoms with E-state index in [0.29, 0.717) is 5.56 Å². The fraction of sp³-hybridized carbons (Fsp3) is 0.133. The molecule has 2 rings (SSSR count). The molecule has 18 heavy (non-hydrogen) atoms. The number of para-hydroxylation sites is 2. The zero-order valence-electron chi connectivity index (χ0n) is 10.4. The van der Waals surface area contributed by atoms with E-state index in [2.05, 4.69) is 5.32 Å². The average molecular weight is 241 g/mol. The van der Waals surface area contributed by atoms with Crippen LogP contribution in [0.2, 0.25) is 0 Å². The van der Waals surface area contributed by atoms with Crippen LogP contribution in [-0.2, 0) is 4.74 Å². The quantitative estimate of drug-likeness (QED) is 0.835. The molecule has 0 radical (unpaired) electrons. The van der Waals surface area contributed by atoms with Gasteiger partial charge in [-0.1, -0.05) is 30.3 Å². The van der Waals surface area contributed by atoms with Gasteiger partial charge >= 0.3 is 5.97 Å². The Kier molecular flexibility index (Phi) is 3.63. The standard InChI is InChI=1S/C15H15NO2/c1-11-7-3-5-9-13(11)16-14-10-6-4-8-12(14)15(17)18-2/h3-10,16H,1-2H3. The Balaban J connectivity index is 2.35. The predicted octanol–water partition coefficient (Wildman–Crippen LogP) is 3.53. The first-order valence-corrected chi connectivity index (χ1v) is 5.72. The second kappa shape index (κ2) is 5.36. The number of nitrogens with one attached hydrogen (secondary N) is 1. The molecular weight excluding hydrogens is 226 g/mol. The molecule has 1 N–H and O–H groups in total. The molecule has 0 fully saturated rings. The van der Waals surface area contributed by atoms with Gasteiger partial charge in [-0.2, -0.15) is 0 Å². The van der Waals surface area contributed by atoms with Gasteiger partial charge in [0.05, 0.1) is 18.4 Å². The Morgan fingerprint density at radius 1 is 1.00 bits per heavy atom. The highest BCUT2D eigenvalue weighted by atomic mass is 16.5. The second-order valence-electron chi connectivity index (χ2n) is 3.98. The van der Waals surface area contributed by atoms with Gasteiger partial charge in [0.25, 0.3) is 0 Å². The lowest BCUT2D eigenvalue weighted by atomic mass is 10.1. The van der Waals surface area contributed by atoms with E-state index in [9.17, 15) is 4.79 Å². The summed E-state index contributed by atoms with van der Waals surface area (Å²) in [5.74, 6) is -0.341. The number of hydrogen-bond donors (Lipinski definition) is 1. The molecule has 0 heterocycles. The SMILES string of the molecule is COC(=O)c1ccccc1Nc1ccccc1C. The van der Waals surface area contributed by atoms with E-state index in [1.54, 1.807) is 6.07 Å². The maximum Gasteiger partial charge on any atom is 0.339 e. The summed E-state index contributed by atoms with van der Waals surface area (Å²) < 4.78 is 4.77. The molecule has 0 aliphatic heterocycles. The van der Waals surface area contributed by atoms with Gasteiger partial charge in [-0.25, -0.2) is 4.79 Å². The number of ether oxygens (including phenoxy) is 1. The Hall–Kier alpha value is -2.29. The van der Waals surface area contributed by atoms with Crippen LogP contribution in [0.15, 0.2) is 48.5 Å². The van der Waals surface area contributed by atoms with Gasteiger partial charge in [0.1, 0.15) is 0 Å². The summed E-state index contributed by atoms with van der Waals surface area (Å²) >= 11 is 0. The summed E-state index contributed by atoms with van der Waals surface area (Å²) in [5.41, 5.74) is 3.38. The topological polar surface area (TPSA) is 38.3 Å². The van der Waals surface area contributed by atoms with Crippen molar-refractivity contribution in [1.82, 2.24) is 0 Å². The van der Waals surface area contributed by atoms with Gasteiger partial charge in [0.15, 0.2) is 0 Å². The summed E-state index contributed by atoms with van der Waals surface area (Å²) in [6.07, 6.45) is 0. The number of anilines is 2. The highest BCUT2D eigenvalue weighted by molar-refractivity contribution is 5.96. The second-order valence-corrected chi connectivity index (χ2v) is 3.98. The first-order valence-electron chi connectivity index (χ1n) is 5.72. The molecule has 0 aromatic heterocycles. The average Bonchev–Trinajstić information content (AvgIpc) is 2.41. The van der Waals surface area contributed by atoms with E-state index in [4.69, 9.17) is 4.74 Å². The van der Waals surface area contributed by atoms with Gasteiger partial charge < -0.3 is 10.1 Å². The zero-order chi connectivity index (χ0) is 13.0. The van der Waals surface area contributed by atoms with E-state index in [0.717, 1.165) is 16.9 Å². The molecule has 2 aromatic rings. The maximum absolute atomic E-state index is 11.6. The Bertz CT molecular complexity index is 564. The molecule has 0 bridgehead atoms. The summed E-state index contributed by atoms with van der Waals surface area (Å²) in [7, 11) is 1.38. The van der Waals surface area contributed by atoms with Crippen LogP contribution >= 0.6 is 0 Å². The van der Waals surface area contributed by atoms with Crippen molar-refractivity contribution in [3.05, 3.63) is 59.7 Å². The van der Waals surface area contributed by atoms with Crippen molar-refractivity contribution in [2.24, 2.45) is 0 Å². The minimum absolute atomic E-state index is 0.341. The highest BCUT2D eigenvalue weighted by Crippen LogP contribution is 2.23. The number of carbonyl (C=O) groups excluding carboxylic acids is 1. The molecule has 92 valence electrons. The summed E-state index contributed by atoms with van der Waals surface area (Å²) in [5, 5.41) is 3.26. The number of esters is 1. The lowest BCUT2D eigenvalue weighted by molar-refractivity contribution is 0.0602. The predicted molar refractivity (Wildman–Crippen MR) is 72.2 cm³/mol. The van der Waals surface area contributed by atoms with Crippen LogP contribution in [0, 0.1) is 6.92 Å². The number of rotatable bonds is 3. The van der Waals surface area contributed by atoms with Crippen LogP contribution < -0.4 is 5.32 Å². The van der Waals surface area contributed by atoms with Crippen molar-refractivity contribution in [2.45, 2.75) is 6.92 Å². The van der Waals surface area contributed by atoms with Gasteiger partial charge in [0, 0.05) is 5.69 Å². The van der Waals surface area contributed by atoms with Crippen LogP contribution in [0.1, 0.15) is 15.9 Å². The van der Waals surface area contributed by atoms with Gasteiger partial charge in [-0.3, -0.25) is 0 Å². The van der Waals surface area contributed by atoms with E-state index >= 15 is 0 Å². The monoisotopic (exact) mass is 241 g/mol. The van der Waals surface area contributed by atoms with E-state index < -0.39 is 0 Å². The molecule has 0 amide bonds. The van der Waals surface area contributed by atoms with Crippen molar-refractivity contribution in [3.63, 3.8) is 0 Å². The number of hydrogen-bond acceptors (Lipinski definition) is 3. The molecule has 0 aliphatic carbocycles. The third-order valence-corrected chi connectivity index (χ3v) is 2.75. The van der Waals surface area contributed by atoms with E-state index in [-0.39, 0.29) is 5.97 Å². The minimum atomic E-state index is -0.341. The van der Waals surface area contributed by atoms with Crippen LogP contribution in [0.4, 0.5) is 11.4 Å². The highest BCUT2D eigenvalue weighted by Gasteiger charge is 2.11. The number of methoxy groups -OCH3 is 1. The van der Waals surface area contributed by atoms with E-state index in [1.165, 1.54) is 7.11 Å².